The molecule has 14 heavy (non-hydrogen) atoms. The molecule has 0 saturated heterocycles. The van der Waals surface area contributed by atoms with Crippen LogP contribution in [0.25, 0.3) is 0 Å². The van der Waals surface area contributed by atoms with Gasteiger partial charge in [-0.3, -0.25) is 0 Å². The number of alkyl halides is 1. The number of nitrogens with one attached hydrogen (secondary N) is 1. The lowest BCUT2D eigenvalue weighted by atomic mass is 10.4. The molecule has 1 rings (SSSR count). The highest BCUT2D eigenvalue weighted by molar-refractivity contribution is 7.89. The summed E-state index contributed by atoms with van der Waals surface area (Å²) >= 11 is 11.0. The summed E-state index contributed by atoms with van der Waals surface area (Å²) in [6, 6.07) is 6.06. The van der Waals surface area contributed by atoms with E-state index in [2.05, 4.69) is 4.72 Å². The van der Waals surface area contributed by atoms with E-state index in [9.17, 15) is 8.42 Å². The van der Waals surface area contributed by atoms with Crippen molar-refractivity contribution in [2.24, 2.45) is 0 Å². The van der Waals surface area contributed by atoms with Crippen molar-refractivity contribution in [3.8, 4) is 0 Å². The van der Waals surface area contributed by atoms with Crippen LogP contribution in [-0.2, 0) is 10.0 Å². The molecule has 0 saturated carbocycles. The first-order chi connectivity index (χ1) is 6.56. The van der Waals surface area contributed by atoms with Crippen LogP contribution in [0.5, 0.6) is 0 Å². The van der Waals surface area contributed by atoms with E-state index < -0.39 is 10.0 Å². The van der Waals surface area contributed by atoms with Crippen LogP contribution >= 0.6 is 23.2 Å². The minimum absolute atomic E-state index is 0.148. The Balaban J connectivity index is 2.93. The minimum atomic E-state index is -3.46. The van der Waals surface area contributed by atoms with Gasteiger partial charge in [-0.1, -0.05) is 17.7 Å². The molecule has 0 aromatic heterocycles. The fourth-order valence-corrected chi connectivity index (χ4v) is 2.43. The van der Waals surface area contributed by atoms with Gasteiger partial charge in [0.25, 0.3) is 0 Å². The van der Waals surface area contributed by atoms with Crippen LogP contribution in [0.2, 0.25) is 5.02 Å². The second-order valence-corrected chi connectivity index (χ2v) is 5.13. The monoisotopic (exact) mass is 253 g/mol. The molecule has 3 nitrogen and oxygen atoms in total. The molecule has 1 aromatic carbocycles. The fourth-order valence-electron chi connectivity index (χ4n) is 0.890. The maximum absolute atomic E-state index is 11.5. The molecule has 0 bridgehead atoms. The van der Waals surface area contributed by atoms with E-state index in [-0.39, 0.29) is 17.3 Å². The van der Waals surface area contributed by atoms with Crippen molar-refractivity contribution < 1.29 is 8.42 Å². The largest absolute Gasteiger partial charge is 0.240 e. The number of benzene rings is 1. The van der Waals surface area contributed by atoms with Gasteiger partial charge in [-0.25, -0.2) is 13.1 Å². The second-order valence-electron chi connectivity index (χ2n) is 2.54. The van der Waals surface area contributed by atoms with Gasteiger partial charge in [0.05, 0.1) is 4.90 Å². The van der Waals surface area contributed by atoms with Crippen molar-refractivity contribution in [2.75, 3.05) is 12.4 Å². The zero-order valence-corrected chi connectivity index (χ0v) is 9.53. The average Bonchev–Trinajstić information content (AvgIpc) is 2.15. The van der Waals surface area contributed by atoms with Crippen LogP contribution < -0.4 is 4.72 Å². The standard InChI is InChI=1S/C8H9Cl2NO2S/c9-4-5-11-14(12,13)8-3-1-2-7(10)6-8/h1-3,6,11H,4-5H2. The van der Waals surface area contributed by atoms with Crippen LogP contribution in [0.15, 0.2) is 29.2 Å². The number of halogens is 2. The molecular formula is C8H9Cl2NO2S. The van der Waals surface area contributed by atoms with Crippen molar-refractivity contribution in [1.29, 1.82) is 0 Å². The quantitative estimate of drug-likeness (QED) is 0.833. The lowest BCUT2D eigenvalue weighted by Gasteiger charge is -2.04. The van der Waals surface area contributed by atoms with Crippen molar-refractivity contribution in [1.82, 2.24) is 4.72 Å². The molecule has 78 valence electrons. The predicted octanol–water partition coefficient (Wildman–Crippen LogP) is 1.86. The van der Waals surface area contributed by atoms with Gasteiger partial charge in [-0.15, -0.1) is 11.6 Å². The van der Waals surface area contributed by atoms with Crippen molar-refractivity contribution in [2.45, 2.75) is 4.90 Å². The first-order valence-electron chi connectivity index (χ1n) is 3.87. The molecule has 0 fully saturated rings. The molecule has 0 atom stereocenters. The highest BCUT2D eigenvalue weighted by atomic mass is 35.5. The number of hydrogen-bond donors (Lipinski definition) is 1. The zero-order valence-electron chi connectivity index (χ0n) is 7.20. The van der Waals surface area contributed by atoms with Crippen LogP contribution in [0.3, 0.4) is 0 Å². The number of sulfonamides is 1. The molecule has 0 heterocycles. The first kappa shape index (κ1) is 11.8. The minimum Gasteiger partial charge on any atom is -0.210 e. The van der Waals surface area contributed by atoms with Crippen LogP contribution in [-0.4, -0.2) is 20.8 Å². The van der Waals surface area contributed by atoms with Gasteiger partial charge < -0.3 is 0 Å². The van der Waals surface area contributed by atoms with Crippen molar-refractivity contribution >= 4 is 33.2 Å². The Morgan fingerprint density at radius 2 is 2.07 bits per heavy atom. The Morgan fingerprint density at radius 1 is 1.36 bits per heavy atom. The van der Waals surface area contributed by atoms with Gasteiger partial charge in [-0.2, -0.15) is 0 Å². The molecular weight excluding hydrogens is 245 g/mol. The SMILES string of the molecule is O=S(=O)(NCCCl)c1cccc(Cl)c1. The second kappa shape index (κ2) is 4.98. The Kier molecular flexibility index (Phi) is 4.19. The maximum Gasteiger partial charge on any atom is 0.240 e. The van der Waals surface area contributed by atoms with Crippen LogP contribution in [0, 0.1) is 0 Å². The van der Waals surface area contributed by atoms with E-state index in [0.29, 0.717) is 5.02 Å². The number of hydrogen-bond acceptors (Lipinski definition) is 2. The summed E-state index contributed by atoms with van der Waals surface area (Å²) in [5, 5.41) is 0.388. The zero-order chi connectivity index (χ0) is 10.6. The molecule has 0 aliphatic carbocycles. The smallest absolute Gasteiger partial charge is 0.210 e. The molecule has 0 aliphatic heterocycles. The summed E-state index contributed by atoms with van der Waals surface area (Å²) in [5.41, 5.74) is 0. The fraction of sp³-hybridized carbons (Fsp3) is 0.250. The van der Waals surface area contributed by atoms with E-state index in [0.717, 1.165) is 0 Å². The van der Waals surface area contributed by atoms with E-state index in [1.54, 1.807) is 12.1 Å². The maximum atomic E-state index is 11.5. The van der Waals surface area contributed by atoms with Gasteiger partial charge >= 0.3 is 0 Å². The van der Waals surface area contributed by atoms with Gasteiger partial charge in [0.2, 0.25) is 10.0 Å². The predicted molar refractivity (Wildman–Crippen MR) is 57.4 cm³/mol. The summed E-state index contributed by atoms with van der Waals surface area (Å²) in [6.07, 6.45) is 0. The molecule has 6 heteroatoms. The molecule has 0 radical (unpaired) electrons. The third-order valence-electron chi connectivity index (χ3n) is 1.49. The van der Waals surface area contributed by atoms with Crippen LogP contribution in [0.4, 0.5) is 0 Å². The first-order valence-corrected chi connectivity index (χ1v) is 6.27. The molecule has 0 amide bonds. The Hall–Kier alpha value is -0.290. The summed E-state index contributed by atoms with van der Waals surface area (Å²) in [7, 11) is -3.46. The molecule has 1 N–H and O–H groups in total. The Morgan fingerprint density at radius 3 is 2.64 bits per heavy atom. The summed E-state index contributed by atoms with van der Waals surface area (Å²) in [5.74, 6) is 0.236. The topological polar surface area (TPSA) is 46.2 Å². The lowest BCUT2D eigenvalue weighted by molar-refractivity contribution is 0.584. The van der Waals surface area contributed by atoms with E-state index in [4.69, 9.17) is 23.2 Å². The molecule has 0 unspecified atom stereocenters. The van der Waals surface area contributed by atoms with Gasteiger partial charge in [0, 0.05) is 17.4 Å². The Bertz CT molecular complexity index is 406. The van der Waals surface area contributed by atoms with E-state index in [1.807, 2.05) is 0 Å². The number of rotatable bonds is 4. The highest BCUT2D eigenvalue weighted by Gasteiger charge is 2.12. The highest BCUT2D eigenvalue weighted by Crippen LogP contribution is 2.14. The summed E-state index contributed by atoms with van der Waals surface area (Å²) in [6.45, 7) is 0.205. The molecule has 0 spiro atoms. The van der Waals surface area contributed by atoms with Gasteiger partial charge in [0.15, 0.2) is 0 Å². The summed E-state index contributed by atoms with van der Waals surface area (Å²) in [4.78, 5) is 0.148. The lowest BCUT2D eigenvalue weighted by Crippen LogP contribution is -2.25. The van der Waals surface area contributed by atoms with Crippen molar-refractivity contribution in [3.63, 3.8) is 0 Å². The van der Waals surface area contributed by atoms with Gasteiger partial charge in [-0.05, 0) is 18.2 Å². The van der Waals surface area contributed by atoms with Gasteiger partial charge in [0.1, 0.15) is 0 Å². The van der Waals surface area contributed by atoms with Crippen molar-refractivity contribution in [3.05, 3.63) is 29.3 Å². The molecule has 1 aromatic rings. The van der Waals surface area contributed by atoms with Crippen LogP contribution in [0.1, 0.15) is 0 Å². The van der Waals surface area contributed by atoms with E-state index in [1.165, 1.54) is 12.1 Å². The summed E-state index contributed by atoms with van der Waals surface area (Å²) < 4.78 is 25.4. The third kappa shape index (κ3) is 3.13. The average molecular weight is 254 g/mol. The third-order valence-corrected chi connectivity index (χ3v) is 3.38. The normalized spacial score (nSPS) is 11.6. The van der Waals surface area contributed by atoms with E-state index >= 15 is 0 Å². The molecule has 0 aliphatic rings. The Labute approximate surface area is 93.1 Å².